The van der Waals surface area contributed by atoms with Crippen LogP contribution in [-0.2, 0) is 16.6 Å². The predicted molar refractivity (Wildman–Crippen MR) is 78.1 cm³/mol. The van der Waals surface area contributed by atoms with Crippen LogP contribution < -0.4 is 15.2 Å². The Labute approximate surface area is 122 Å². The average molecular weight is 310 g/mol. The highest BCUT2D eigenvalue weighted by Gasteiger charge is 2.19. The molecule has 2 aromatic rings. The lowest BCUT2D eigenvalue weighted by atomic mass is 10.2. The third-order valence-electron chi connectivity index (χ3n) is 2.84. The van der Waals surface area contributed by atoms with E-state index in [4.69, 9.17) is 10.5 Å². The van der Waals surface area contributed by atoms with Crippen molar-refractivity contribution in [3.05, 3.63) is 53.8 Å². The number of methoxy groups -OCH3 is 1. The standard InChI is InChI=1S/C14H15FN2O3S/c1-20-12-4-2-3-11(8-12)17-21(18,19)14-6-5-10(9-16)7-13(14)15/h2-8,17H,9,16H2,1H3. The molecule has 0 aliphatic rings. The normalized spacial score (nSPS) is 11.2. The minimum Gasteiger partial charge on any atom is -0.497 e. The Balaban J connectivity index is 2.33. The van der Waals surface area contributed by atoms with Crippen LogP contribution in [-0.4, -0.2) is 15.5 Å². The van der Waals surface area contributed by atoms with Crippen molar-refractivity contribution in [1.29, 1.82) is 0 Å². The first-order chi connectivity index (χ1) is 9.96. The smallest absolute Gasteiger partial charge is 0.264 e. The van der Waals surface area contributed by atoms with E-state index in [0.29, 0.717) is 11.3 Å². The van der Waals surface area contributed by atoms with E-state index >= 15 is 0 Å². The zero-order chi connectivity index (χ0) is 15.5. The highest BCUT2D eigenvalue weighted by molar-refractivity contribution is 7.92. The Morgan fingerprint density at radius 2 is 2.00 bits per heavy atom. The molecule has 0 aliphatic heterocycles. The summed E-state index contributed by atoms with van der Waals surface area (Å²) < 4.78 is 45.6. The van der Waals surface area contributed by atoms with E-state index in [9.17, 15) is 12.8 Å². The number of nitrogens with two attached hydrogens (primary N) is 1. The monoisotopic (exact) mass is 310 g/mol. The molecule has 0 bridgehead atoms. The highest BCUT2D eigenvalue weighted by atomic mass is 32.2. The van der Waals surface area contributed by atoms with Crippen LogP contribution in [0.3, 0.4) is 0 Å². The van der Waals surface area contributed by atoms with Crippen LogP contribution >= 0.6 is 0 Å². The number of nitrogens with one attached hydrogen (secondary N) is 1. The van der Waals surface area contributed by atoms with Gasteiger partial charge in [0.05, 0.1) is 12.8 Å². The van der Waals surface area contributed by atoms with Crippen molar-refractivity contribution >= 4 is 15.7 Å². The van der Waals surface area contributed by atoms with Gasteiger partial charge in [0.2, 0.25) is 0 Å². The van der Waals surface area contributed by atoms with Gasteiger partial charge in [-0.25, -0.2) is 12.8 Å². The summed E-state index contributed by atoms with van der Waals surface area (Å²) in [6.45, 7) is 0.139. The molecular weight excluding hydrogens is 295 g/mol. The summed E-state index contributed by atoms with van der Waals surface area (Å²) in [5.41, 5.74) is 6.20. The lowest BCUT2D eigenvalue weighted by Crippen LogP contribution is -2.15. The Hall–Kier alpha value is -2.12. The Kier molecular flexibility index (Phi) is 4.44. The molecule has 7 heteroatoms. The Bertz CT molecular complexity index is 748. The topological polar surface area (TPSA) is 81.4 Å². The molecule has 0 spiro atoms. The van der Waals surface area contributed by atoms with Crippen molar-refractivity contribution in [2.24, 2.45) is 5.73 Å². The maximum Gasteiger partial charge on any atom is 0.264 e. The maximum atomic E-state index is 13.9. The first kappa shape index (κ1) is 15.3. The second-order valence-electron chi connectivity index (χ2n) is 4.31. The number of hydrogen-bond donors (Lipinski definition) is 2. The second kappa shape index (κ2) is 6.11. The van der Waals surface area contributed by atoms with Crippen molar-refractivity contribution < 1.29 is 17.5 Å². The highest BCUT2D eigenvalue weighted by Crippen LogP contribution is 2.22. The molecule has 0 fully saturated rings. The molecule has 21 heavy (non-hydrogen) atoms. The summed E-state index contributed by atoms with van der Waals surface area (Å²) in [7, 11) is -2.54. The zero-order valence-electron chi connectivity index (χ0n) is 11.3. The van der Waals surface area contributed by atoms with Gasteiger partial charge >= 0.3 is 0 Å². The van der Waals surface area contributed by atoms with Crippen LogP contribution in [0.25, 0.3) is 0 Å². The summed E-state index contributed by atoms with van der Waals surface area (Å²) in [6.07, 6.45) is 0. The van der Waals surface area contributed by atoms with Crippen molar-refractivity contribution in [2.45, 2.75) is 11.4 Å². The van der Waals surface area contributed by atoms with E-state index in [0.717, 1.165) is 6.07 Å². The lowest BCUT2D eigenvalue weighted by molar-refractivity contribution is 0.415. The fourth-order valence-corrected chi connectivity index (χ4v) is 2.90. The van der Waals surface area contributed by atoms with Gasteiger partial charge in [0.25, 0.3) is 10.0 Å². The van der Waals surface area contributed by atoms with Crippen molar-refractivity contribution in [1.82, 2.24) is 0 Å². The largest absolute Gasteiger partial charge is 0.497 e. The molecule has 2 aromatic carbocycles. The average Bonchev–Trinajstić information content (AvgIpc) is 2.46. The molecule has 3 N–H and O–H groups in total. The van der Waals surface area contributed by atoms with Gasteiger partial charge in [0.15, 0.2) is 0 Å². The molecule has 0 aromatic heterocycles. The van der Waals surface area contributed by atoms with E-state index in [1.807, 2.05) is 0 Å². The molecule has 5 nitrogen and oxygen atoms in total. The lowest BCUT2D eigenvalue weighted by Gasteiger charge is -2.10. The minimum atomic E-state index is -4.02. The van der Waals surface area contributed by atoms with Gasteiger partial charge in [0.1, 0.15) is 16.5 Å². The van der Waals surface area contributed by atoms with E-state index < -0.39 is 20.7 Å². The van der Waals surface area contributed by atoms with Gasteiger partial charge in [0, 0.05) is 12.6 Å². The van der Waals surface area contributed by atoms with Crippen LogP contribution in [0.1, 0.15) is 5.56 Å². The number of rotatable bonds is 5. The molecule has 0 saturated carbocycles. The minimum absolute atomic E-state index is 0.139. The second-order valence-corrected chi connectivity index (χ2v) is 5.96. The Morgan fingerprint density at radius 1 is 1.24 bits per heavy atom. The molecule has 0 heterocycles. The fourth-order valence-electron chi connectivity index (χ4n) is 1.79. The molecule has 0 aliphatic carbocycles. The molecule has 0 unspecified atom stereocenters. The summed E-state index contributed by atoms with van der Waals surface area (Å²) in [5, 5.41) is 0. The number of ether oxygens (including phenoxy) is 1. The zero-order valence-corrected chi connectivity index (χ0v) is 12.2. The summed E-state index contributed by atoms with van der Waals surface area (Å²) >= 11 is 0. The number of benzene rings is 2. The molecule has 112 valence electrons. The van der Waals surface area contributed by atoms with Crippen LogP contribution in [0, 0.1) is 5.82 Å². The third kappa shape index (κ3) is 3.50. The van der Waals surface area contributed by atoms with Gasteiger partial charge < -0.3 is 10.5 Å². The summed E-state index contributed by atoms with van der Waals surface area (Å²) in [5.74, 6) is -0.345. The van der Waals surface area contributed by atoms with Gasteiger partial charge in [-0.1, -0.05) is 12.1 Å². The molecule has 2 rings (SSSR count). The molecule has 0 radical (unpaired) electrons. The maximum absolute atomic E-state index is 13.9. The first-order valence-electron chi connectivity index (χ1n) is 6.11. The van der Waals surface area contributed by atoms with Crippen molar-refractivity contribution in [3.63, 3.8) is 0 Å². The predicted octanol–water partition coefficient (Wildman–Crippen LogP) is 2.09. The molecular formula is C14H15FN2O3S. The SMILES string of the molecule is COc1cccc(NS(=O)(=O)c2ccc(CN)cc2F)c1. The van der Waals surface area contributed by atoms with E-state index in [1.165, 1.54) is 25.3 Å². The quantitative estimate of drug-likeness (QED) is 0.886. The number of hydrogen-bond acceptors (Lipinski definition) is 4. The van der Waals surface area contributed by atoms with Gasteiger partial charge in [-0.3, -0.25) is 4.72 Å². The van der Waals surface area contributed by atoms with Gasteiger partial charge in [-0.2, -0.15) is 0 Å². The van der Waals surface area contributed by atoms with Crippen LogP contribution in [0.4, 0.5) is 10.1 Å². The van der Waals surface area contributed by atoms with Crippen molar-refractivity contribution in [2.75, 3.05) is 11.8 Å². The van der Waals surface area contributed by atoms with E-state index in [-0.39, 0.29) is 12.2 Å². The van der Waals surface area contributed by atoms with Crippen molar-refractivity contribution in [3.8, 4) is 5.75 Å². The molecule has 0 atom stereocenters. The van der Waals surface area contributed by atoms with Gasteiger partial charge in [-0.05, 0) is 29.8 Å². The van der Waals surface area contributed by atoms with Crippen LogP contribution in [0.5, 0.6) is 5.75 Å². The number of sulfonamides is 1. The third-order valence-corrected chi connectivity index (χ3v) is 4.26. The molecule has 0 amide bonds. The van der Waals surface area contributed by atoms with Gasteiger partial charge in [-0.15, -0.1) is 0 Å². The number of anilines is 1. The van der Waals surface area contributed by atoms with E-state index in [2.05, 4.69) is 4.72 Å². The van der Waals surface area contributed by atoms with E-state index in [1.54, 1.807) is 18.2 Å². The van der Waals surface area contributed by atoms with Crippen LogP contribution in [0.2, 0.25) is 0 Å². The fraction of sp³-hybridized carbons (Fsp3) is 0.143. The summed E-state index contributed by atoms with van der Waals surface area (Å²) in [4.78, 5) is -0.428. The van der Waals surface area contributed by atoms with Crippen LogP contribution in [0.15, 0.2) is 47.4 Å². The Morgan fingerprint density at radius 3 is 2.62 bits per heavy atom. The first-order valence-corrected chi connectivity index (χ1v) is 7.60. The number of halogens is 1. The molecule has 0 saturated heterocycles. The summed E-state index contributed by atoms with van der Waals surface area (Å²) in [6, 6.07) is 10.1.